The SMILES string of the molecule is COc1ccc(C(C#N)N(C)CCC(=O)O)cc1OC. The molecule has 0 aliphatic rings. The molecule has 0 spiro atoms. The van der Waals surface area contributed by atoms with Crippen molar-refractivity contribution in [2.24, 2.45) is 0 Å². The molecule has 1 rings (SSSR count). The summed E-state index contributed by atoms with van der Waals surface area (Å²) in [5.74, 6) is 0.235. The van der Waals surface area contributed by atoms with E-state index in [4.69, 9.17) is 14.6 Å². The average molecular weight is 278 g/mol. The molecule has 0 aromatic heterocycles. The van der Waals surface area contributed by atoms with E-state index in [0.717, 1.165) is 5.56 Å². The minimum absolute atomic E-state index is 0.0119. The highest BCUT2D eigenvalue weighted by atomic mass is 16.5. The lowest BCUT2D eigenvalue weighted by atomic mass is 10.1. The molecule has 6 heteroatoms. The molecule has 0 saturated carbocycles. The van der Waals surface area contributed by atoms with Gasteiger partial charge in [0.1, 0.15) is 6.04 Å². The number of benzene rings is 1. The van der Waals surface area contributed by atoms with Crippen LogP contribution < -0.4 is 9.47 Å². The molecule has 0 aliphatic heterocycles. The summed E-state index contributed by atoms with van der Waals surface area (Å²) in [6.45, 7) is 0.294. The van der Waals surface area contributed by atoms with Gasteiger partial charge in [0.15, 0.2) is 11.5 Å². The van der Waals surface area contributed by atoms with Crippen LogP contribution in [0.2, 0.25) is 0 Å². The summed E-state index contributed by atoms with van der Waals surface area (Å²) in [4.78, 5) is 12.3. The maximum atomic E-state index is 10.6. The number of methoxy groups -OCH3 is 2. The van der Waals surface area contributed by atoms with Crippen molar-refractivity contribution in [1.82, 2.24) is 4.90 Å². The molecular weight excluding hydrogens is 260 g/mol. The van der Waals surface area contributed by atoms with Crippen LogP contribution in [0.25, 0.3) is 0 Å². The number of rotatable bonds is 7. The number of carboxylic acids is 1. The zero-order valence-corrected chi connectivity index (χ0v) is 11.8. The van der Waals surface area contributed by atoms with E-state index in [2.05, 4.69) is 6.07 Å². The molecule has 1 unspecified atom stereocenters. The number of carbonyl (C=O) groups is 1. The molecule has 1 atom stereocenters. The highest BCUT2D eigenvalue weighted by molar-refractivity contribution is 5.66. The zero-order chi connectivity index (χ0) is 15.1. The number of nitrogens with zero attached hydrogens (tertiary/aromatic N) is 2. The van der Waals surface area contributed by atoms with Gasteiger partial charge < -0.3 is 14.6 Å². The third kappa shape index (κ3) is 3.87. The zero-order valence-electron chi connectivity index (χ0n) is 11.8. The predicted octanol–water partition coefficient (Wildman–Crippen LogP) is 1.67. The second-order valence-corrected chi connectivity index (χ2v) is 4.27. The Hall–Kier alpha value is -2.26. The summed E-state index contributed by atoms with van der Waals surface area (Å²) in [7, 11) is 4.78. The average Bonchev–Trinajstić information content (AvgIpc) is 2.45. The molecule has 6 nitrogen and oxygen atoms in total. The Morgan fingerprint density at radius 3 is 2.55 bits per heavy atom. The Kier molecular flexibility index (Phi) is 5.81. The second-order valence-electron chi connectivity index (χ2n) is 4.27. The minimum atomic E-state index is -0.888. The molecule has 108 valence electrons. The van der Waals surface area contributed by atoms with Gasteiger partial charge in [-0.1, -0.05) is 6.07 Å². The van der Waals surface area contributed by atoms with Crippen molar-refractivity contribution in [3.8, 4) is 17.6 Å². The van der Waals surface area contributed by atoms with E-state index in [1.165, 1.54) is 14.2 Å². The standard InChI is InChI=1S/C14H18N2O4/c1-16(7-6-14(17)18)11(9-15)10-4-5-12(19-2)13(8-10)20-3/h4-5,8,11H,6-7H2,1-3H3,(H,17,18). The van der Waals surface area contributed by atoms with E-state index in [1.807, 2.05) is 0 Å². The van der Waals surface area contributed by atoms with Gasteiger partial charge in [-0.15, -0.1) is 0 Å². The van der Waals surface area contributed by atoms with Gasteiger partial charge in [0.05, 0.1) is 26.7 Å². The quantitative estimate of drug-likeness (QED) is 0.817. The molecule has 0 aliphatic carbocycles. The Morgan fingerprint density at radius 2 is 2.05 bits per heavy atom. The summed E-state index contributed by atoms with van der Waals surface area (Å²) in [6.07, 6.45) is -0.0119. The highest BCUT2D eigenvalue weighted by Crippen LogP contribution is 2.31. The summed E-state index contributed by atoms with van der Waals surface area (Å²) in [6, 6.07) is 6.86. The summed E-state index contributed by atoms with van der Waals surface area (Å²) in [5.41, 5.74) is 0.734. The van der Waals surface area contributed by atoms with E-state index in [-0.39, 0.29) is 6.42 Å². The Bertz CT molecular complexity index is 510. The maximum Gasteiger partial charge on any atom is 0.304 e. The lowest BCUT2D eigenvalue weighted by Crippen LogP contribution is -2.26. The minimum Gasteiger partial charge on any atom is -0.493 e. The number of carboxylic acid groups (broad SMARTS) is 1. The van der Waals surface area contributed by atoms with Crippen molar-refractivity contribution in [1.29, 1.82) is 5.26 Å². The molecule has 0 bridgehead atoms. The topological polar surface area (TPSA) is 82.8 Å². The van der Waals surface area contributed by atoms with Crippen LogP contribution in [0.1, 0.15) is 18.0 Å². The van der Waals surface area contributed by atoms with E-state index in [0.29, 0.717) is 18.0 Å². The van der Waals surface area contributed by atoms with Crippen LogP contribution in [0, 0.1) is 11.3 Å². The van der Waals surface area contributed by atoms with Crippen molar-refractivity contribution in [3.05, 3.63) is 23.8 Å². The maximum absolute atomic E-state index is 10.6. The van der Waals surface area contributed by atoms with Gasteiger partial charge in [-0.25, -0.2) is 0 Å². The molecule has 0 saturated heterocycles. The Morgan fingerprint density at radius 1 is 1.40 bits per heavy atom. The van der Waals surface area contributed by atoms with Gasteiger partial charge >= 0.3 is 5.97 Å². The fourth-order valence-corrected chi connectivity index (χ4v) is 1.85. The van der Waals surface area contributed by atoms with Crippen LogP contribution in [0.15, 0.2) is 18.2 Å². The van der Waals surface area contributed by atoms with Crippen LogP contribution >= 0.6 is 0 Å². The highest BCUT2D eigenvalue weighted by Gasteiger charge is 2.19. The number of ether oxygens (including phenoxy) is 2. The van der Waals surface area contributed by atoms with Gasteiger partial charge in [-0.05, 0) is 24.7 Å². The normalized spacial score (nSPS) is 11.8. The first-order chi connectivity index (χ1) is 9.53. The van der Waals surface area contributed by atoms with E-state index < -0.39 is 12.0 Å². The first-order valence-electron chi connectivity index (χ1n) is 6.07. The molecule has 20 heavy (non-hydrogen) atoms. The Labute approximate surface area is 118 Å². The van der Waals surface area contributed by atoms with Gasteiger partial charge in [-0.2, -0.15) is 5.26 Å². The van der Waals surface area contributed by atoms with Crippen LogP contribution in [0.4, 0.5) is 0 Å². The van der Waals surface area contributed by atoms with Crippen molar-refractivity contribution in [2.75, 3.05) is 27.8 Å². The van der Waals surface area contributed by atoms with Crippen molar-refractivity contribution < 1.29 is 19.4 Å². The third-order valence-electron chi connectivity index (χ3n) is 2.96. The molecule has 0 fully saturated rings. The van der Waals surface area contributed by atoms with Crippen molar-refractivity contribution in [2.45, 2.75) is 12.5 Å². The molecule has 1 aromatic rings. The smallest absolute Gasteiger partial charge is 0.304 e. The summed E-state index contributed by atoms with van der Waals surface area (Å²) >= 11 is 0. The first-order valence-corrected chi connectivity index (χ1v) is 6.07. The molecule has 0 heterocycles. The van der Waals surface area contributed by atoms with Crippen LogP contribution in [-0.4, -0.2) is 43.8 Å². The fourth-order valence-electron chi connectivity index (χ4n) is 1.85. The lowest BCUT2D eigenvalue weighted by Gasteiger charge is -2.22. The van der Waals surface area contributed by atoms with Gasteiger partial charge in [-0.3, -0.25) is 9.69 Å². The number of aliphatic carboxylic acids is 1. The molecule has 1 N–H and O–H groups in total. The fraction of sp³-hybridized carbons (Fsp3) is 0.429. The van der Waals surface area contributed by atoms with Crippen LogP contribution in [0.3, 0.4) is 0 Å². The van der Waals surface area contributed by atoms with Crippen molar-refractivity contribution in [3.63, 3.8) is 0 Å². The van der Waals surface area contributed by atoms with E-state index >= 15 is 0 Å². The summed E-state index contributed by atoms with van der Waals surface area (Å²) in [5, 5.41) is 18.0. The number of hydrogen-bond donors (Lipinski definition) is 1. The van der Waals surface area contributed by atoms with Gasteiger partial charge in [0, 0.05) is 6.54 Å². The molecule has 0 amide bonds. The van der Waals surface area contributed by atoms with Crippen LogP contribution in [0.5, 0.6) is 11.5 Å². The van der Waals surface area contributed by atoms with E-state index in [1.54, 1.807) is 30.1 Å². The summed E-state index contributed by atoms with van der Waals surface area (Å²) < 4.78 is 10.3. The molecule has 0 radical (unpaired) electrons. The molecule has 1 aromatic carbocycles. The molecular formula is C14H18N2O4. The van der Waals surface area contributed by atoms with Gasteiger partial charge in [0.2, 0.25) is 0 Å². The predicted molar refractivity (Wildman–Crippen MR) is 72.8 cm³/mol. The number of nitriles is 1. The Balaban J connectivity index is 2.95. The van der Waals surface area contributed by atoms with Crippen LogP contribution in [-0.2, 0) is 4.79 Å². The van der Waals surface area contributed by atoms with Crippen molar-refractivity contribution >= 4 is 5.97 Å². The van der Waals surface area contributed by atoms with E-state index in [9.17, 15) is 10.1 Å². The lowest BCUT2D eigenvalue weighted by molar-refractivity contribution is -0.137. The monoisotopic (exact) mass is 278 g/mol. The third-order valence-corrected chi connectivity index (χ3v) is 2.96. The first kappa shape index (κ1) is 15.8. The second kappa shape index (κ2) is 7.36. The van der Waals surface area contributed by atoms with Gasteiger partial charge in [0.25, 0.3) is 0 Å². The largest absolute Gasteiger partial charge is 0.493 e. The number of hydrogen-bond acceptors (Lipinski definition) is 5.